The van der Waals surface area contributed by atoms with Gasteiger partial charge in [-0.25, -0.2) is 4.98 Å². The van der Waals surface area contributed by atoms with Crippen LogP contribution in [0.2, 0.25) is 0 Å². The molecule has 130 valence electrons. The molecule has 3 aromatic rings. The van der Waals surface area contributed by atoms with Crippen LogP contribution in [0.25, 0.3) is 29.2 Å². The lowest BCUT2D eigenvalue weighted by atomic mass is 10.1. The molecule has 0 amide bonds. The Morgan fingerprint density at radius 2 is 2.00 bits per heavy atom. The Labute approximate surface area is 152 Å². The Balaban J connectivity index is 2.08. The van der Waals surface area contributed by atoms with Crippen molar-refractivity contribution in [3.63, 3.8) is 0 Å². The van der Waals surface area contributed by atoms with Crippen LogP contribution in [0, 0.1) is 6.92 Å². The molecule has 0 fully saturated rings. The number of aromatic nitrogens is 3. The summed E-state index contributed by atoms with van der Waals surface area (Å²) in [4.78, 5) is 22.4. The van der Waals surface area contributed by atoms with Gasteiger partial charge in [-0.1, -0.05) is 25.1 Å². The van der Waals surface area contributed by atoms with Crippen molar-refractivity contribution in [2.24, 2.45) is 0 Å². The normalized spacial score (nSPS) is 12.8. The van der Waals surface area contributed by atoms with E-state index in [-0.39, 0.29) is 5.56 Å². The van der Waals surface area contributed by atoms with Crippen molar-refractivity contribution in [1.29, 1.82) is 0 Å². The predicted octanol–water partition coefficient (Wildman–Crippen LogP) is 2.52. The molecule has 0 N–H and O–H groups in total. The lowest BCUT2D eigenvalue weighted by Gasteiger charge is -2.15. The first-order valence-corrected chi connectivity index (χ1v) is 9.03. The first-order chi connectivity index (χ1) is 12.7. The first-order valence-electron chi connectivity index (χ1n) is 9.03. The second-order valence-electron chi connectivity index (χ2n) is 6.57. The topological polar surface area (TPSA) is 47.8 Å². The molecule has 1 aliphatic carbocycles. The van der Waals surface area contributed by atoms with E-state index in [0.717, 1.165) is 35.9 Å². The number of fused-ring (bicyclic) bond motifs is 1. The van der Waals surface area contributed by atoms with Gasteiger partial charge in [0.2, 0.25) is 0 Å². The van der Waals surface area contributed by atoms with Crippen LogP contribution in [0.4, 0.5) is 0 Å². The van der Waals surface area contributed by atoms with Gasteiger partial charge in [-0.05, 0) is 61.6 Å². The zero-order valence-corrected chi connectivity index (χ0v) is 15.1. The number of nitrogens with zero attached hydrogens (tertiary/aromatic N) is 3. The SMILES string of the molecule is CCc1ccc(-n2c(-c3cccnc3)nc3c(c2=O)=CCCC=3)cc1C. The maximum atomic E-state index is 13.3. The van der Waals surface area contributed by atoms with Crippen molar-refractivity contribution in [2.45, 2.75) is 33.1 Å². The van der Waals surface area contributed by atoms with E-state index < -0.39 is 0 Å². The van der Waals surface area contributed by atoms with Crippen LogP contribution in [0.15, 0.2) is 47.5 Å². The standard InChI is InChI=1S/C22H21N3O/c1-3-16-10-11-18(13-15(16)2)25-21(17-7-6-12-23-14-17)24-20-9-5-4-8-19(20)22(25)26/h6-14H,3-5H2,1-2H3. The summed E-state index contributed by atoms with van der Waals surface area (Å²) in [5.41, 5.74) is 4.13. The highest BCUT2D eigenvalue weighted by Crippen LogP contribution is 2.19. The fourth-order valence-electron chi connectivity index (χ4n) is 3.49. The molecule has 0 spiro atoms. The maximum Gasteiger partial charge on any atom is 0.265 e. The van der Waals surface area contributed by atoms with Crippen LogP contribution >= 0.6 is 0 Å². The van der Waals surface area contributed by atoms with Gasteiger partial charge in [0.15, 0.2) is 0 Å². The van der Waals surface area contributed by atoms with Crippen LogP contribution in [-0.4, -0.2) is 14.5 Å². The molecule has 2 heterocycles. The van der Waals surface area contributed by atoms with E-state index in [4.69, 9.17) is 4.98 Å². The fourth-order valence-corrected chi connectivity index (χ4v) is 3.49. The van der Waals surface area contributed by atoms with Crippen molar-refractivity contribution in [1.82, 2.24) is 14.5 Å². The van der Waals surface area contributed by atoms with Crippen LogP contribution in [0.3, 0.4) is 0 Å². The highest BCUT2D eigenvalue weighted by molar-refractivity contribution is 5.58. The largest absolute Gasteiger partial charge is 0.268 e. The molecule has 4 rings (SSSR count). The Hall–Kier alpha value is -3.01. The minimum absolute atomic E-state index is 0.0200. The Kier molecular flexibility index (Phi) is 4.25. The van der Waals surface area contributed by atoms with Crippen LogP contribution < -0.4 is 16.1 Å². The summed E-state index contributed by atoms with van der Waals surface area (Å²) in [7, 11) is 0. The molecule has 0 unspecified atom stereocenters. The number of rotatable bonds is 3. The highest BCUT2D eigenvalue weighted by Gasteiger charge is 2.14. The third kappa shape index (κ3) is 2.77. The number of aryl methyl sites for hydroxylation is 2. The van der Waals surface area contributed by atoms with Gasteiger partial charge in [-0.3, -0.25) is 14.3 Å². The molecule has 0 saturated carbocycles. The van der Waals surface area contributed by atoms with Crippen molar-refractivity contribution >= 4 is 12.2 Å². The van der Waals surface area contributed by atoms with Crippen LogP contribution in [-0.2, 0) is 6.42 Å². The summed E-state index contributed by atoms with van der Waals surface area (Å²) in [6.07, 6.45) is 10.3. The molecular formula is C22H21N3O. The van der Waals surface area contributed by atoms with Gasteiger partial charge in [0.25, 0.3) is 5.56 Å². The summed E-state index contributed by atoms with van der Waals surface area (Å²) in [6.45, 7) is 4.23. The number of hydrogen-bond donors (Lipinski definition) is 0. The Morgan fingerprint density at radius 1 is 1.15 bits per heavy atom. The van der Waals surface area contributed by atoms with E-state index in [1.807, 2.05) is 30.4 Å². The van der Waals surface area contributed by atoms with Crippen molar-refractivity contribution < 1.29 is 0 Å². The zero-order valence-electron chi connectivity index (χ0n) is 15.1. The van der Waals surface area contributed by atoms with E-state index in [2.05, 4.69) is 31.0 Å². The van der Waals surface area contributed by atoms with Crippen molar-refractivity contribution in [2.75, 3.05) is 0 Å². The second-order valence-corrected chi connectivity index (χ2v) is 6.57. The highest BCUT2D eigenvalue weighted by atomic mass is 16.1. The number of benzene rings is 1. The van der Waals surface area contributed by atoms with Gasteiger partial charge < -0.3 is 0 Å². The van der Waals surface area contributed by atoms with Crippen LogP contribution in [0.1, 0.15) is 30.9 Å². The van der Waals surface area contributed by atoms with Crippen molar-refractivity contribution in [3.8, 4) is 17.1 Å². The molecule has 4 heteroatoms. The molecule has 0 aliphatic heterocycles. The summed E-state index contributed by atoms with van der Waals surface area (Å²) in [5.74, 6) is 0.636. The average Bonchev–Trinajstić information content (AvgIpc) is 2.68. The summed E-state index contributed by atoms with van der Waals surface area (Å²) in [6, 6.07) is 9.98. The molecule has 2 aromatic heterocycles. The summed E-state index contributed by atoms with van der Waals surface area (Å²) >= 11 is 0. The molecular weight excluding hydrogens is 322 g/mol. The molecule has 0 radical (unpaired) electrons. The molecule has 0 bridgehead atoms. The van der Waals surface area contributed by atoms with Crippen molar-refractivity contribution in [3.05, 3.63) is 74.8 Å². The smallest absolute Gasteiger partial charge is 0.265 e. The maximum absolute atomic E-state index is 13.3. The average molecular weight is 343 g/mol. The van der Waals surface area contributed by atoms with Crippen LogP contribution in [0.5, 0.6) is 0 Å². The van der Waals surface area contributed by atoms with Gasteiger partial charge in [-0.2, -0.15) is 0 Å². The number of hydrogen-bond acceptors (Lipinski definition) is 3. The second kappa shape index (κ2) is 6.71. The monoisotopic (exact) mass is 343 g/mol. The lowest BCUT2D eigenvalue weighted by Crippen LogP contribution is -2.48. The van der Waals surface area contributed by atoms with Gasteiger partial charge in [0.05, 0.1) is 16.3 Å². The van der Waals surface area contributed by atoms with Gasteiger partial charge in [0, 0.05) is 18.0 Å². The third-order valence-corrected chi connectivity index (χ3v) is 4.89. The number of pyridine rings is 1. The summed E-state index contributed by atoms with van der Waals surface area (Å²) in [5, 5.41) is 1.47. The predicted molar refractivity (Wildman–Crippen MR) is 105 cm³/mol. The molecule has 4 nitrogen and oxygen atoms in total. The zero-order chi connectivity index (χ0) is 18.1. The Bertz CT molecular complexity index is 1140. The van der Waals surface area contributed by atoms with E-state index in [9.17, 15) is 4.79 Å². The third-order valence-electron chi connectivity index (χ3n) is 4.89. The first kappa shape index (κ1) is 16.5. The van der Waals surface area contributed by atoms with E-state index in [1.165, 1.54) is 11.1 Å². The minimum Gasteiger partial charge on any atom is -0.268 e. The minimum atomic E-state index is -0.0200. The van der Waals surface area contributed by atoms with E-state index in [1.54, 1.807) is 17.0 Å². The fraction of sp³-hybridized carbons (Fsp3) is 0.227. The van der Waals surface area contributed by atoms with E-state index in [0.29, 0.717) is 11.0 Å². The van der Waals surface area contributed by atoms with Gasteiger partial charge >= 0.3 is 0 Å². The van der Waals surface area contributed by atoms with E-state index >= 15 is 0 Å². The molecule has 26 heavy (non-hydrogen) atoms. The molecule has 0 atom stereocenters. The van der Waals surface area contributed by atoms with Gasteiger partial charge in [-0.15, -0.1) is 0 Å². The quantitative estimate of drug-likeness (QED) is 0.734. The molecule has 1 aliphatic rings. The lowest BCUT2D eigenvalue weighted by molar-refractivity contribution is 0.899. The molecule has 0 saturated heterocycles. The Morgan fingerprint density at radius 3 is 2.73 bits per heavy atom. The molecule has 1 aromatic carbocycles. The van der Waals surface area contributed by atoms with Gasteiger partial charge in [0.1, 0.15) is 5.82 Å². The summed E-state index contributed by atoms with van der Waals surface area (Å²) < 4.78 is 1.72.